The molecule has 0 unspecified atom stereocenters. The van der Waals surface area contributed by atoms with Gasteiger partial charge >= 0.3 is 0 Å². The van der Waals surface area contributed by atoms with E-state index in [0.29, 0.717) is 9.41 Å². The molecule has 0 rings (SSSR count). The molecule has 0 atom stereocenters. The van der Waals surface area contributed by atoms with E-state index in [9.17, 15) is 0 Å². The average molecular weight is 214 g/mol. The lowest BCUT2D eigenvalue weighted by Crippen LogP contribution is -2.26. The van der Waals surface area contributed by atoms with Crippen molar-refractivity contribution in [2.75, 3.05) is 13.1 Å². The minimum Gasteiger partial charge on any atom is -0.447 e. The molecule has 62 valence electrons. The molecule has 0 aliphatic rings. The van der Waals surface area contributed by atoms with Crippen molar-refractivity contribution in [2.45, 2.75) is 0 Å². The number of hydrogen-bond acceptors (Lipinski definition) is 6. The summed E-state index contributed by atoms with van der Waals surface area (Å²) in [6, 6.07) is 0. The lowest BCUT2D eigenvalue weighted by atomic mass is 10.6. The molecule has 2 nitrogen and oxygen atoms in total. The van der Waals surface area contributed by atoms with Gasteiger partial charge in [0.1, 0.15) is 0 Å². The second-order valence-electron chi connectivity index (χ2n) is 1.50. The van der Waals surface area contributed by atoms with E-state index in [0.717, 1.165) is 13.1 Å². The average Bonchev–Trinajstić information content (AvgIpc) is 1.79. The van der Waals surface area contributed by atoms with Crippen LogP contribution in [0.15, 0.2) is 0 Å². The predicted molar refractivity (Wildman–Crippen MR) is 58.4 cm³/mol. The van der Waals surface area contributed by atoms with Gasteiger partial charge in [-0.2, -0.15) is 9.41 Å². The van der Waals surface area contributed by atoms with Gasteiger partial charge in [0, 0.05) is 0 Å². The van der Waals surface area contributed by atoms with Crippen LogP contribution in [0.2, 0.25) is 0 Å². The summed E-state index contributed by atoms with van der Waals surface area (Å²) in [5.41, 5.74) is 0. The normalized spacial score (nSPS) is 11.4. The van der Waals surface area contributed by atoms with Crippen molar-refractivity contribution in [1.29, 1.82) is 0 Å². The predicted octanol–water partition coefficient (Wildman–Crippen LogP) is 0.779. The maximum Gasteiger partial charge on any atom is -0.0205 e. The van der Waals surface area contributed by atoms with Gasteiger partial charge in [-0.05, 0) is 13.1 Å². The van der Waals surface area contributed by atoms with Crippen LogP contribution in [0.4, 0.5) is 0 Å². The van der Waals surface area contributed by atoms with Crippen LogP contribution in [0.1, 0.15) is 0 Å². The molecule has 0 saturated heterocycles. The van der Waals surface area contributed by atoms with E-state index in [1.807, 2.05) is 0 Å². The van der Waals surface area contributed by atoms with E-state index in [1.54, 1.807) is 0 Å². The zero-order chi connectivity index (χ0) is 7.98. The van der Waals surface area contributed by atoms with E-state index in [4.69, 9.17) is 0 Å². The second-order valence-corrected chi connectivity index (χ2v) is 4.00. The fourth-order valence-electron chi connectivity index (χ4n) is 0.349. The topological polar surface area (TPSA) is 24.1 Å². The molecule has 0 saturated carbocycles. The fourth-order valence-corrected chi connectivity index (χ4v) is 0.796. The molecule has 0 aliphatic heterocycles. The Kier molecular flexibility index (Phi) is 7.92. The first kappa shape index (κ1) is 11.3. The van der Waals surface area contributed by atoms with Crippen molar-refractivity contribution in [2.24, 2.45) is 0 Å². The highest BCUT2D eigenvalue weighted by atomic mass is 32.2. The molecule has 0 aromatic carbocycles. The second kappa shape index (κ2) is 7.00. The molecule has 0 aromatic rings. The summed E-state index contributed by atoms with van der Waals surface area (Å²) in [6.07, 6.45) is 0. The maximum absolute atomic E-state index is 3.92. The highest BCUT2D eigenvalue weighted by Gasteiger charge is 1.79. The smallest absolute Gasteiger partial charge is 0.0205 e. The van der Waals surface area contributed by atoms with Crippen LogP contribution >= 0.6 is 50.5 Å². The van der Waals surface area contributed by atoms with E-state index in [2.05, 4.69) is 61.1 Å². The summed E-state index contributed by atoms with van der Waals surface area (Å²) >= 11 is 15.7. The molecule has 6 heteroatoms. The van der Waals surface area contributed by atoms with Crippen LogP contribution in [0.3, 0.4) is 0 Å². The van der Waals surface area contributed by atoms with Gasteiger partial charge in [0.2, 0.25) is 0 Å². The first-order chi connectivity index (χ1) is 4.63. The third-order valence-corrected chi connectivity index (χ3v) is 1.32. The molecular formula is C4H10N2S4-2. The van der Waals surface area contributed by atoms with E-state index >= 15 is 0 Å². The van der Waals surface area contributed by atoms with E-state index in [1.165, 1.54) is 0 Å². The van der Waals surface area contributed by atoms with Crippen molar-refractivity contribution in [3.05, 3.63) is 9.41 Å². The summed E-state index contributed by atoms with van der Waals surface area (Å²) < 4.78 is 1.23. The highest BCUT2D eigenvalue weighted by Crippen LogP contribution is 2.04. The van der Waals surface area contributed by atoms with Gasteiger partial charge in [0.15, 0.2) is 0 Å². The van der Waals surface area contributed by atoms with Crippen LogP contribution in [0.25, 0.3) is 0 Å². The van der Waals surface area contributed by atoms with Gasteiger partial charge in [0.25, 0.3) is 0 Å². The number of hydrogen-bond donors (Lipinski definition) is 6. The van der Waals surface area contributed by atoms with Crippen molar-refractivity contribution >= 4 is 50.5 Å². The Morgan fingerprint density at radius 2 is 1.10 bits per heavy atom. The molecule has 0 heterocycles. The number of thiol groups is 4. The van der Waals surface area contributed by atoms with Gasteiger partial charge in [0.05, 0.1) is 0 Å². The van der Waals surface area contributed by atoms with Crippen molar-refractivity contribution < 1.29 is 0 Å². The summed E-state index contributed by atoms with van der Waals surface area (Å²) in [6.45, 7) is 1.51. The van der Waals surface area contributed by atoms with Gasteiger partial charge < -0.3 is 61.1 Å². The Labute approximate surface area is 83.6 Å². The zero-order valence-corrected chi connectivity index (χ0v) is 8.78. The molecule has 10 heavy (non-hydrogen) atoms. The van der Waals surface area contributed by atoms with Gasteiger partial charge in [-0.1, -0.05) is 0 Å². The first-order valence-corrected chi connectivity index (χ1v) is 4.39. The Morgan fingerprint density at radius 1 is 0.800 bits per heavy atom. The van der Waals surface area contributed by atoms with Crippen LogP contribution in [-0.2, 0) is 0 Å². The largest absolute Gasteiger partial charge is 0.447 e. The van der Waals surface area contributed by atoms with Gasteiger partial charge in [-0.25, -0.2) is 0 Å². The van der Waals surface area contributed by atoms with Crippen LogP contribution in [0, 0.1) is 9.41 Å². The van der Waals surface area contributed by atoms with Gasteiger partial charge in [-0.3, -0.25) is 0 Å². The third-order valence-electron chi connectivity index (χ3n) is 0.691. The molecule has 0 amide bonds. The molecule has 0 aromatic heterocycles. The fraction of sp³-hybridized carbons (Fsp3) is 0.500. The highest BCUT2D eigenvalue weighted by molar-refractivity contribution is 8.03. The molecule has 0 aliphatic carbocycles. The van der Waals surface area contributed by atoms with E-state index in [-0.39, 0.29) is 0 Å². The number of rotatable bonds is 5. The number of nitrogens with one attached hydrogen (secondary N) is 2. The van der Waals surface area contributed by atoms with Crippen molar-refractivity contribution in [1.82, 2.24) is 10.6 Å². The molecule has 0 spiro atoms. The lowest BCUT2D eigenvalue weighted by Gasteiger charge is -2.24. The third kappa shape index (κ3) is 9.32. The Hall–Kier alpha value is 1.32. The molecular weight excluding hydrogens is 204 g/mol. The summed E-state index contributed by atoms with van der Waals surface area (Å²) in [5.74, 6) is 0. The minimum atomic E-state index is 0.613. The monoisotopic (exact) mass is 214 g/mol. The lowest BCUT2D eigenvalue weighted by molar-refractivity contribution is 0.738. The Morgan fingerprint density at radius 3 is 1.30 bits per heavy atom. The van der Waals surface area contributed by atoms with E-state index < -0.39 is 0 Å². The summed E-state index contributed by atoms with van der Waals surface area (Å²) in [5, 5.41) is 5.80. The SMILES string of the molecule is S[C-](S)NCCN[C-](S)S. The quantitative estimate of drug-likeness (QED) is 0.232. The standard InChI is InChI=1S/C4H10N2S4/c7-3(8)5-1-2-6-4(9)10/h5-10H,1-2H2/q-2. The van der Waals surface area contributed by atoms with Gasteiger partial charge in [-0.15, -0.1) is 0 Å². The minimum absolute atomic E-state index is 0.613. The molecule has 0 radical (unpaired) electrons. The van der Waals surface area contributed by atoms with Crippen LogP contribution in [0.5, 0.6) is 0 Å². The Balaban J connectivity index is 2.91. The maximum atomic E-state index is 3.92. The molecule has 0 bridgehead atoms. The zero-order valence-electron chi connectivity index (χ0n) is 5.20. The summed E-state index contributed by atoms with van der Waals surface area (Å²) in [4.78, 5) is 0. The van der Waals surface area contributed by atoms with Crippen LogP contribution < -0.4 is 10.6 Å². The van der Waals surface area contributed by atoms with Crippen molar-refractivity contribution in [3.8, 4) is 0 Å². The Bertz CT molecular complexity index is 67.7. The van der Waals surface area contributed by atoms with Crippen molar-refractivity contribution in [3.63, 3.8) is 0 Å². The van der Waals surface area contributed by atoms with Crippen LogP contribution in [-0.4, -0.2) is 13.1 Å². The first-order valence-electron chi connectivity index (χ1n) is 2.60. The molecule has 2 N–H and O–H groups in total. The molecule has 0 fully saturated rings. The summed E-state index contributed by atoms with van der Waals surface area (Å²) in [7, 11) is 0.